The van der Waals surface area contributed by atoms with Gasteiger partial charge in [0.25, 0.3) is 5.91 Å². The molecule has 1 unspecified atom stereocenters. The number of hydrogen-bond donors (Lipinski definition) is 1. The van der Waals surface area contributed by atoms with Crippen molar-refractivity contribution < 1.29 is 9.90 Å². The fourth-order valence-corrected chi connectivity index (χ4v) is 3.10. The van der Waals surface area contributed by atoms with Crippen molar-refractivity contribution in [2.45, 2.75) is 19.6 Å². The number of β-amino-alcohol motifs (C(OH)–C–C–N with tert-alkyl or cyclic N) is 1. The predicted molar refractivity (Wildman–Crippen MR) is 91.8 cm³/mol. The number of aliphatic hydroxyl groups is 1. The van der Waals surface area contributed by atoms with Crippen LogP contribution in [0.25, 0.3) is 0 Å². The lowest BCUT2D eigenvalue weighted by molar-refractivity contribution is 0.0545. The van der Waals surface area contributed by atoms with Crippen LogP contribution in [0.15, 0.2) is 42.9 Å². The summed E-state index contributed by atoms with van der Waals surface area (Å²) in [4.78, 5) is 21.0. The van der Waals surface area contributed by atoms with Gasteiger partial charge in [0.1, 0.15) is 5.69 Å². The molecule has 1 fully saturated rings. The zero-order valence-corrected chi connectivity index (χ0v) is 14.0. The molecular weight excluding hydrogens is 304 g/mol. The first-order chi connectivity index (χ1) is 11.6. The lowest BCUT2D eigenvalue weighted by atomic mass is 10.2. The second-order valence-corrected chi connectivity index (χ2v) is 6.32. The molecule has 0 bridgehead atoms. The van der Waals surface area contributed by atoms with Crippen molar-refractivity contribution >= 4 is 5.91 Å². The molecule has 0 aromatic carbocycles. The average Bonchev–Trinajstić information content (AvgIpc) is 3.03. The minimum atomic E-state index is -0.330. The summed E-state index contributed by atoms with van der Waals surface area (Å²) in [5.74, 6) is 0.0700. The van der Waals surface area contributed by atoms with Gasteiger partial charge >= 0.3 is 0 Å². The summed E-state index contributed by atoms with van der Waals surface area (Å²) in [5.41, 5.74) is 1.78. The summed E-state index contributed by atoms with van der Waals surface area (Å²) in [6, 6.07) is 7.70. The molecule has 6 nitrogen and oxygen atoms in total. The van der Waals surface area contributed by atoms with Gasteiger partial charge < -0.3 is 14.6 Å². The Morgan fingerprint density at radius 3 is 2.71 bits per heavy atom. The molecule has 1 atom stereocenters. The van der Waals surface area contributed by atoms with Gasteiger partial charge in [-0.15, -0.1) is 0 Å². The molecule has 1 saturated heterocycles. The topological polar surface area (TPSA) is 61.6 Å². The molecule has 1 aliphatic heterocycles. The van der Waals surface area contributed by atoms with Crippen LogP contribution in [0, 0.1) is 0 Å². The summed E-state index contributed by atoms with van der Waals surface area (Å²) in [6.07, 6.45) is 5.18. The molecule has 6 heteroatoms. The van der Waals surface area contributed by atoms with Crippen LogP contribution in [0.4, 0.5) is 0 Å². The summed E-state index contributed by atoms with van der Waals surface area (Å²) >= 11 is 0. The normalized spacial score (nSPS) is 17.0. The maximum atomic E-state index is 12.8. The van der Waals surface area contributed by atoms with Crippen LogP contribution in [-0.2, 0) is 6.54 Å². The van der Waals surface area contributed by atoms with E-state index in [4.69, 9.17) is 0 Å². The van der Waals surface area contributed by atoms with Gasteiger partial charge in [0, 0.05) is 57.9 Å². The largest absolute Gasteiger partial charge is 0.392 e. The van der Waals surface area contributed by atoms with E-state index >= 15 is 0 Å². The zero-order valence-electron chi connectivity index (χ0n) is 14.0. The maximum absolute atomic E-state index is 12.8. The molecule has 1 N–H and O–H groups in total. The van der Waals surface area contributed by atoms with Crippen molar-refractivity contribution in [3.63, 3.8) is 0 Å². The highest BCUT2D eigenvalue weighted by atomic mass is 16.3. The quantitative estimate of drug-likeness (QED) is 0.892. The minimum Gasteiger partial charge on any atom is -0.392 e. The van der Waals surface area contributed by atoms with Crippen LogP contribution in [-0.4, -0.2) is 69.2 Å². The second kappa shape index (κ2) is 7.59. The third-order valence-corrected chi connectivity index (χ3v) is 4.31. The van der Waals surface area contributed by atoms with Crippen LogP contribution in [0.1, 0.15) is 23.0 Å². The van der Waals surface area contributed by atoms with Gasteiger partial charge in [0.2, 0.25) is 0 Å². The van der Waals surface area contributed by atoms with Crippen molar-refractivity contribution in [2.24, 2.45) is 0 Å². The van der Waals surface area contributed by atoms with Crippen molar-refractivity contribution in [3.8, 4) is 0 Å². The molecule has 3 rings (SSSR count). The number of aliphatic hydroxyl groups excluding tert-OH is 1. The van der Waals surface area contributed by atoms with Gasteiger partial charge in [-0.1, -0.05) is 6.07 Å². The second-order valence-electron chi connectivity index (χ2n) is 6.32. The number of pyridine rings is 1. The molecule has 0 aliphatic carbocycles. The molecule has 0 saturated carbocycles. The van der Waals surface area contributed by atoms with Gasteiger partial charge in [0.05, 0.1) is 6.10 Å². The molecule has 3 heterocycles. The number of carbonyl (C=O) groups is 1. The van der Waals surface area contributed by atoms with E-state index in [-0.39, 0.29) is 12.0 Å². The molecule has 0 spiro atoms. The van der Waals surface area contributed by atoms with Crippen LogP contribution < -0.4 is 0 Å². The van der Waals surface area contributed by atoms with E-state index < -0.39 is 0 Å². The molecule has 1 aliphatic rings. The van der Waals surface area contributed by atoms with E-state index in [9.17, 15) is 9.90 Å². The summed E-state index contributed by atoms with van der Waals surface area (Å²) in [6.45, 7) is 6.11. The number of nitrogens with zero attached hydrogens (tertiary/aromatic N) is 4. The average molecular weight is 328 g/mol. The van der Waals surface area contributed by atoms with Crippen molar-refractivity contribution in [3.05, 3.63) is 54.1 Å². The van der Waals surface area contributed by atoms with E-state index in [1.807, 2.05) is 46.1 Å². The smallest absolute Gasteiger partial charge is 0.270 e. The number of carbonyl (C=O) groups excluding carboxylic acids is 1. The molecule has 2 aromatic rings. The van der Waals surface area contributed by atoms with Crippen LogP contribution in [0.3, 0.4) is 0 Å². The first-order valence-corrected chi connectivity index (χ1v) is 8.37. The number of amides is 1. The lowest BCUT2D eigenvalue weighted by Gasteiger charge is -2.35. The Morgan fingerprint density at radius 2 is 2.04 bits per heavy atom. The van der Waals surface area contributed by atoms with Gasteiger partial charge in [0.15, 0.2) is 0 Å². The molecule has 128 valence electrons. The first kappa shape index (κ1) is 16.7. The lowest BCUT2D eigenvalue weighted by Crippen LogP contribution is -2.50. The highest BCUT2D eigenvalue weighted by Crippen LogP contribution is 2.12. The summed E-state index contributed by atoms with van der Waals surface area (Å²) in [5, 5.41) is 9.48. The summed E-state index contributed by atoms with van der Waals surface area (Å²) < 4.78 is 1.97. The Hall–Kier alpha value is -2.18. The molecule has 24 heavy (non-hydrogen) atoms. The number of aromatic nitrogens is 2. The number of rotatable bonds is 5. The van der Waals surface area contributed by atoms with Crippen molar-refractivity contribution in [1.82, 2.24) is 19.4 Å². The Bertz CT molecular complexity index is 661. The van der Waals surface area contributed by atoms with Crippen LogP contribution in [0.5, 0.6) is 0 Å². The van der Waals surface area contributed by atoms with Crippen LogP contribution >= 0.6 is 0 Å². The van der Waals surface area contributed by atoms with Gasteiger partial charge in [-0.2, -0.15) is 0 Å². The van der Waals surface area contributed by atoms with Gasteiger partial charge in [-0.3, -0.25) is 14.7 Å². The Balaban J connectivity index is 1.63. The van der Waals surface area contributed by atoms with Gasteiger partial charge in [-0.05, 0) is 30.7 Å². The van der Waals surface area contributed by atoms with E-state index in [1.54, 1.807) is 13.1 Å². The zero-order chi connectivity index (χ0) is 16.9. The van der Waals surface area contributed by atoms with E-state index in [2.05, 4.69) is 9.88 Å². The molecular formula is C18H24N4O2. The number of hydrogen-bond acceptors (Lipinski definition) is 4. The maximum Gasteiger partial charge on any atom is 0.270 e. The predicted octanol–water partition coefficient (Wildman–Crippen LogP) is 1.07. The summed E-state index contributed by atoms with van der Waals surface area (Å²) in [7, 11) is 0. The first-order valence-electron chi connectivity index (χ1n) is 8.37. The molecule has 1 amide bonds. The number of piperazine rings is 1. The third-order valence-electron chi connectivity index (χ3n) is 4.31. The minimum absolute atomic E-state index is 0.0700. The highest BCUT2D eigenvalue weighted by Gasteiger charge is 2.24. The van der Waals surface area contributed by atoms with Crippen molar-refractivity contribution in [2.75, 3.05) is 32.7 Å². The van der Waals surface area contributed by atoms with Gasteiger partial charge in [-0.25, -0.2) is 0 Å². The van der Waals surface area contributed by atoms with E-state index in [1.165, 1.54) is 0 Å². The Morgan fingerprint density at radius 1 is 1.25 bits per heavy atom. The van der Waals surface area contributed by atoms with Crippen LogP contribution in [0.2, 0.25) is 0 Å². The SMILES string of the molecule is CC(O)CN1CCN(C(=O)c2cccn2Cc2cccnc2)CC1. The molecule has 0 radical (unpaired) electrons. The highest BCUT2D eigenvalue weighted by molar-refractivity contribution is 5.92. The fraction of sp³-hybridized carbons (Fsp3) is 0.444. The fourth-order valence-electron chi connectivity index (χ4n) is 3.10. The van der Waals surface area contributed by atoms with E-state index in [0.29, 0.717) is 31.9 Å². The monoisotopic (exact) mass is 328 g/mol. The molecule has 2 aromatic heterocycles. The van der Waals surface area contributed by atoms with Crippen molar-refractivity contribution in [1.29, 1.82) is 0 Å². The Kier molecular flexibility index (Phi) is 5.27. The van der Waals surface area contributed by atoms with E-state index in [0.717, 1.165) is 18.7 Å². The standard InChI is InChI=1S/C18H24N4O2/c1-15(23)13-20-8-10-21(11-9-20)18(24)17-5-3-7-22(17)14-16-4-2-6-19-12-16/h2-7,12,15,23H,8-11,13-14H2,1H3. The Labute approximate surface area is 142 Å². The third kappa shape index (κ3) is 4.01.